The number of nitro groups is 1. The van der Waals surface area contributed by atoms with Gasteiger partial charge >= 0.3 is 5.97 Å². The topological polar surface area (TPSA) is 69.4 Å². The molecule has 0 spiro atoms. The van der Waals surface area contributed by atoms with E-state index in [9.17, 15) is 14.9 Å². The second-order valence-electron chi connectivity index (χ2n) is 4.97. The van der Waals surface area contributed by atoms with Gasteiger partial charge in [-0.05, 0) is 31.6 Å². The Bertz CT molecular complexity index is 366. The van der Waals surface area contributed by atoms with Gasteiger partial charge in [0.2, 0.25) is 6.54 Å². The molecule has 0 bridgehead atoms. The van der Waals surface area contributed by atoms with Crippen LogP contribution in [-0.2, 0) is 9.53 Å². The maximum absolute atomic E-state index is 11.6. The summed E-state index contributed by atoms with van der Waals surface area (Å²) in [6.45, 7) is 1.97. The van der Waals surface area contributed by atoms with Crippen LogP contribution in [0.25, 0.3) is 0 Å². The van der Waals surface area contributed by atoms with Gasteiger partial charge in [-0.25, -0.2) is 0 Å². The van der Waals surface area contributed by atoms with Gasteiger partial charge in [0.05, 0.1) is 13.0 Å². The molecule has 5 nitrogen and oxygen atoms in total. The quantitative estimate of drug-likeness (QED) is 0.317. The van der Waals surface area contributed by atoms with Gasteiger partial charge in [0, 0.05) is 10.3 Å². The number of esters is 1. The summed E-state index contributed by atoms with van der Waals surface area (Å²) in [5, 5.41) is 10.8. The summed E-state index contributed by atoms with van der Waals surface area (Å²) in [7, 11) is 0. The van der Waals surface area contributed by atoms with Gasteiger partial charge < -0.3 is 4.74 Å². The Morgan fingerprint density at radius 2 is 2.41 bits per heavy atom. The Morgan fingerprint density at radius 3 is 3.00 bits per heavy atom. The van der Waals surface area contributed by atoms with Crippen molar-refractivity contribution in [2.75, 3.05) is 13.2 Å². The zero-order chi connectivity index (χ0) is 12.5. The normalized spacial score (nSPS) is 33.9. The van der Waals surface area contributed by atoms with Crippen molar-refractivity contribution >= 4 is 5.97 Å². The first-order valence-corrected chi connectivity index (χ1v) is 6.01. The molecule has 0 aromatic carbocycles. The first-order valence-electron chi connectivity index (χ1n) is 6.01. The molecule has 94 valence electrons. The highest BCUT2D eigenvalue weighted by Crippen LogP contribution is 2.58. The monoisotopic (exact) mass is 239 g/mol. The second-order valence-corrected chi connectivity index (χ2v) is 4.97. The van der Waals surface area contributed by atoms with Crippen molar-refractivity contribution < 1.29 is 14.5 Å². The lowest BCUT2D eigenvalue weighted by molar-refractivity contribution is -0.506. The van der Waals surface area contributed by atoms with Crippen molar-refractivity contribution in [2.45, 2.75) is 26.2 Å². The fourth-order valence-electron chi connectivity index (χ4n) is 3.28. The summed E-state index contributed by atoms with van der Waals surface area (Å²) in [5.41, 5.74) is -0.468. The lowest BCUT2D eigenvalue weighted by Gasteiger charge is -2.49. The SMILES string of the molecule is CCOC(=O)CC1(C[N+](=O)[O-])C[C@@H]2C=CC[C@@H]21. The molecular formula is C12H17NO4. The minimum atomic E-state index is -0.468. The van der Waals surface area contributed by atoms with Gasteiger partial charge in [-0.1, -0.05) is 12.2 Å². The first kappa shape index (κ1) is 12.1. The minimum Gasteiger partial charge on any atom is -0.466 e. The van der Waals surface area contributed by atoms with Crippen molar-refractivity contribution in [1.82, 2.24) is 0 Å². The van der Waals surface area contributed by atoms with Gasteiger partial charge in [0.1, 0.15) is 0 Å². The van der Waals surface area contributed by atoms with E-state index in [1.807, 2.05) is 0 Å². The van der Waals surface area contributed by atoms with Crippen molar-refractivity contribution in [3.63, 3.8) is 0 Å². The van der Waals surface area contributed by atoms with Crippen LogP contribution in [0.15, 0.2) is 12.2 Å². The number of carbonyl (C=O) groups is 1. The van der Waals surface area contributed by atoms with Crippen LogP contribution in [0.4, 0.5) is 0 Å². The Hall–Kier alpha value is -1.39. The molecule has 2 aliphatic rings. The molecule has 17 heavy (non-hydrogen) atoms. The molecule has 0 amide bonds. The zero-order valence-electron chi connectivity index (χ0n) is 9.93. The van der Waals surface area contributed by atoms with E-state index in [0.29, 0.717) is 12.5 Å². The van der Waals surface area contributed by atoms with Crippen molar-refractivity contribution in [3.05, 3.63) is 22.3 Å². The largest absolute Gasteiger partial charge is 0.466 e. The Balaban J connectivity index is 2.04. The Kier molecular flexibility index (Phi) is 3.17. The second kappa shape index (κ2) is 4.47. The van der Waals surface area contributed by atoms with Crippen LogP contribution in [0, 0.1) is 27.4 Å². The maximum atomic E-state index is 11.6. The molecule has 5 heteroatoms. The van der Waals surface area contributed by atoms with Crippen LogP contribution in [0.3, 0.4) is 0 Å². The minimum absolute atomic E-state index is 0.116. The third-order valence-corrected chi connectivity index (χ3v) is 3.96. The number of nitrogens with zero attached hydrogens (tertiary/aromatic N) is 1. The highest BCUT2D eigenvalue weighted by Gasteiger charge is 2.57. The average Bonchev–Trinajstić information content (AvgIpc) is 2.59. The fourth-order valence-corrected chi connectivity index (χ4v) is 3.28. The first-order chi connectivity index (χ1) is 8.07. The third-order valence-electron chi connectivity index (χ3n) is 3.96. The Labute approximate surface area is 100.0 Å². The van der Waals surface area contributed by atoms with E-state index in [1.54, 1.807) is 6.92 Å². The summed E-state index contributed by atoms with van der Waals surface area (Å²) in [6, 6.07) is 0. The number of allylic oxidation sites excluding steroid dienone is 2. The highest BCUT2D eigenvalue weighted by molar-refractivity contribution is 5.70. The van der Waals surface area contributed by atoms with Crippen LogP contribution < -0.4 is 0 Å². The predicted molar refractivity (Wildman–Crippen MR) is 60.9 cm³/mol. The van der Waals surface area contributed by atoms with Crippen molar-refractivity contribution in [1.29, 1.82) is 0 Å². The van der Waals surface area contributed by atoms with E-state index in [4.69, 9.17) is 4.74 Å². The molecule has 2 rings (SSSR count). The molecule has 1 unspecified atom stereocenters. The molecule has 0 saturated heterocycles. The van der Waals surface area contributed by atoms with Crippen LogP contribution in [0.5, 0.6) is 0 Å². The summed E-state index contributed by atoms with van der Waals surface area (Å²) in [5.74, 6) is 0.390. The molecule has 2 aliphatic carbocycles. The molecule has 0 aromatic heterocycles. The summed E-state index contributed by atoms with van der Waals surface area (Å²) in [6.07, 6.45) is 5.98. The molecule has 0 heterocycles. The fraction of sp³-hybridized carbons (Fsp3) is 0.750. The van der Waals surface area contributed by atoms with Crippen molar-refractivity contribution in [3.8, 4) is 0 Å². The van der Waals surface area contributed by atoms with Crippen LogP contribution in [-0.4, -0.2) is 24.0 Å². The molecule has 1 fully saturated rings. The van der Waals surface area contributed by atoms with E-state index in [0.717, 1.165) is 12.8 Å². The van der Waals surface area contributed by atoms with E-state index >= 15 is 0 Å². The van der Waals surface area contributed by atoms with Crippen LogP contribution in [0.2, 0.25) is 0 Å². The zero-order valence-corrected chi connectivity index (χ0v) is 9.93. The molecular weight excluding hydrogens is 222 g/mol. The van der Waals surface area contributed by atoms with Crippen LogP contribution >= 0.6 is 0 Å². The van der Waals surface area contributed by atoms with E-state index < -0.39 is 5.41 Å². The lowest BCUT2D eigenvalue weighted by atomic mass is 9.53. The maximum Gasteiger partial charge on any atom is 0.306 e. The van der Waals surface area contributed by atoms with Gasteiger partial charge in [-0.2, -0.15) is 0 Å². The summed E-state index contributed by atoms with van der Waals surface area (Å²) < 4.78 is 4.92. The number of rotatable bonds is 5. The molecule has 0 aliphatic heterocycles. The molecule has 0 N–H and O–H groups in total. The summed E-state index contributed by atoms with van der Waals surface area (Å²) >= 11 is 0. The Morgan fingerprint density at radius 1 is 1.65 bits per heavy atom. The lowest BCUT2D eigenvalue weighted by Crippen LogP contribution is -2.51. The van der Waals surface area contributed by atoms with E-state index in [-0.39, 0.29) is 29.8 Å². The van der Waals surface area contributed by atoms with Gasteiger partial charge in [-0.3, -0.25) is 14.9 Å². The average molecular weight is 239 g/mol. The molecule has 3 atom stereocenters. The molecule has 0 radical (unpaired) electrons. The number of hydrogen-bond donors (Lipinski definition) is 0. The van der Waals surface area contributed by atoms with Gasteiger partial charge in [0.25, 0.3) is 0 Å². The van der Waals surface area contributed by atoms with Gasteiger partial charge in [-0.15, -0.1) is 0 Å². The summed E-state index contributed by atoms with van der Waals surface area (Å²) in [4.78, 5) is 22.0. The number of hydrogen-bond acceptors (Lipinski definition) is 4. The van der Waals surface area contributed by atoms with E-state index in [2.05, 4.69) is 12.2 Å². The molecule has 1 saturated carbocycles. The third kappa shape index (κ3) is 2.18. The standard InChI is InChI=1S/C12H17NO4/c1-2-17-11(14)7-12(8-13(15)16)6-9-4-3-5-10(9)12/h3-4,9-10H,2,5-8H2,1H3/t9-,10-,12?/m0/s1. The highest BCUT2D eigenvalue weighted by atomic mass is 16.6. The van der Waals surface area contributed by atoms with Crippen LogP contribution in [0.1, 0.15) is 26.2 Å². The van der Waals surface area contributed by atoms with E-state index in [1.165, 1.54) is 0 Å². The predicted octanol–water partition coefficient (Wildman–Crippen LogP) is 1.80. The number of fused-ring (bicyclic) bond motifs is 1. The smallest absolute Gasteiger partial charge is 0.306 e. The van der Waals surface area contributed by atoms with Gasteiger partial charge in [0.15, 0.2) is 0 Å². The van der Waals surface area contributed by atoms with Crippen molar-refractivity contribution in [2.24, 2.45) is 17.3 Å². The number of carbonyl (C=O) groups excluding carboxylic acids is 1. The molecule has 0 aromatic rings. The number of ether oxygens (including phenoxy) is 1.